The second-order valence-corrected chi connectivity index (χ2v) is 9.27. The Morgan fingerprint density at radius 2 is 1.90 bits per heavy atom. The van der Waals surface area contributed by atoms with E-state index in [0.717, 1.165) is 11.5 Å². The van der Waals surface area contributed by atoms with Gasteiger partial charge >= 0.3 is 0 Å². The smallest absolute Gasteiger partial charge is 0.238 e. The number of aromatic nitrogens is 7. The summed E-state index contributed by atoms with van der Waals surface area (Å²) in [4.78, 5) is 35.1. The van der Waals surface area contributed by atoms with E-state index in [9.17, 15) is 14.3 Å². The molecule has 0 bridgehead atoms. The summed E-state index contributed by atoms with van der Waals surface area (Å²) >= 11 is 0. The van der Waals surface area contributed by atoms with Crippen LogP contribution in [0.5, 0.6) is 5.75 Å². The summed E-state index contributed by atoms with van der Waals surface area (Å²) < 4.78 is 14.0. The van der Waals surface area contributed by atoms with Crippen molar-refractivity contribution in [1.29, 1.82) is 0 Å². The third-order valence-electron chi connectivity index (χ3n) is 6.01. The van der Waals surface area contributed by atoms with Crippen LogP contribution in [-0.4, -0.2) is 71.7 Å². The van der Waals surface area contributed by atoms with Gasteiger partial charge in [0.25, 0.3) is 0 Å². The van der Waals surface area contributed by atoms with Crippen LogP contribution in [0, 0.1) is 5.82 Å². The molecule has 0 radical (unpaired) electrons. The van der Waals surface area contributed by atoms with Crippen LogP contribution in [0.15, 0.2) is 61.2 Å². The lowest BCUT2D eigenvalue weighted by molar-refractivity contribution is -0.116. The zero-order chi connectivity index (χ0) is 27.1. The third-order valence-corrected chi connectivity index (χ3v) is 6.01. The summed E-state index contributed by atoms with van der Waals surface area (Å²) in [6.07, 6.45) is 6.51. The molecule has 0 atom stereocenters. The lowest BCUT2D eigenvalue weighted by Gasteiger charge is -2.10. The fraction of sp³-hybridized carbons (Fsp3) is 0.111. The maximum Gasteiger partial charge on any atom is 0.238 e. The number of amides is 1. The van der Waals surface area contributed by atoms with E-state index >= 15 is 0 Å². The number of carbonyl (C=O) groups excluding carboxylic acids is 1. The van der Waals surface area contributed by atoms with Crippen molar-refractivity contribution in [3.05, 3.63) is 67.0 Å². The first-order valence-electron chi connectivity index (χ1n) is 11.9. The molecule has 11 nitrogen and oxygen atoms in total. The monoisotopic (exact) mass is 523 g/mol. The molecule has 6 rings (SSSR count). The van der Waals surface area contributed by atoms with Gasteiger partial charge in [-0.1, -0.05) is 0 Å². The average Bonchev–Trinajstić information content (AvgIpc) is 3.51. The number of nitrogens with zero attached hydrogens (tertiary/aromatic N) is 6. The third kappa shape index (κ3) is 4.76. The molecule has 1 aromatic carbocycles. The van der Waals surface area contributed by atoms with Crippen LogP contribution in [0.1, 0.15) is 0 Å². The fourth-order valence-corrected chi connectivity index (χ4v) is 4.36. The predicted octanol–water partition coefficient (Wildman–Crippen LogP) is 3.97. The van der Waals surface area contributed by atoms with E-state index in [4.69, 9.17) is 4.98 Å². The molecule has 12 heteroatoms. The number of pyridine rings is 3. The number of anilines is 1. The van der Waals surface area contributed by atoms with E-state index < -0.39 is 5.82 Å². The maximum absolute atomic E-state index is 14.0. The van der Waals surface area contributed by atoms with Crippen molar-refractivity contribution in [2.24, 2.45) is 0 Å². The number of hydrogen-bond acceptors (Lipinski definition) is 8. The normalized spacial score (nSPS) is 11.5. The second-order valence-electron chi connectivity index (χ2n) is 9.27. The zero-order valence-electron chi connectivity index (χ0n) is 20.9. The van der Waals surface area contributed by atoms with Gasteiger partial charge in [0.05, 0.1) is 47.0 Å². The molecule has 0 saturated heterocycles. The number of phenolic OH excluding ortho intramolecular Hbond substituents is 1. The quantitative estimate of drug-likeness (QED) is 0.256. The number of aromatic hydroxyl groups is 1. The lowest BCUT2D eigenvalue weighted by atomic mass is 10.1. The summed E-state index contributed by atoms with van der Waals surface area (Å²) in [5.74, 6) is -0.444. The Bertz CT molecular complexity index is 1840. The van der Waals surface area contributed by atoms with Gasteiger partial charge in [-0.2, -0.15) is 5.10 Å². The average molecular weight is 524 g/mol. The minimum absolute atomic E-state index is 0.147. The van der Waals surface area contributed by atoms with Gasteiger partial charge < -0.3 is 20.3 Å². The number of likely N-dealkylation sites (N-methyl/N-ethyl adjacent to an activating group) is 1. The standard InChI is InChI=1S/C27H22FN9O2/c1-37(2)13-23(39)32-17-6-15(10-29-11-17)21-9-19-22(12-31-21)35-36-25(19)27-33-20-3-4-30-24(26(20)34-27)14-5-16(28)8-18(38)7-14/h3-12,38H,13H2,1-2H3,(H,32,39)(H,33,34)(H,35,36). The van der Waals surface area contributed by atoms with E-state index in [1.54, 1.807) is 35.8 Å². The number of imidazole rings is 1. The van der Waals surface area contributed by atoms with Crippen molar-refractivity contribution < 1.29 is 14.3 Å². The van der Waals surface area contributed by atoms with Crippen LogP contribution in [-0.2, 0) is 4.79 Å². The number of benzene rings is 1. The van der Waals surface area contributed by atoms with Crippen LogP contribution >= 0.6 is 0 Å². The molecule has 0 aliphatic heterocycles. The molecule has 0 unspecified atom stereocenters. The van der Waals surface area contributed by atoms with Crippen LogP contribution in [0.25, 0.3) is 56.0 Å². The highest BCUT2D eigenvalue weighted by atomic mass is 19.1. The number of halogens is 1. The Morgan fingerprint density at radius 3 is 2.72 bits per heavy atom. The summed E-state index contributed by atoms with van der Waals surface area (Å²) in [5, 5.41) is 20.9. The number of fused-ring (bicyclic) bond motifs is 2. The Balaban J connectivity index is 1.39. The van der Waals surface area contributed by atoms with Crippen LogP contribution in [0.4, 0.5) is 10.1 Å². The number of rotatable bonds is 6. The Labute approximate surface area is 220 Å². The van der Waals surface area contributed by atoms with Gasteiger partial charge in [-0.25, -0.2) is 9.37 Å². The second kappa shape index (κ2) is 9.58. The van der Waals surface area contributed by atoms with E-state index in [2.05, 4.69) is 35.5 Å². The predicted molar refractivity (Wildman–Crippen MR) is 144 cm³/mol. The van der Waals surface area contributed by atoms with Crippen LogP contribution < -0.4 is 5.32 Å². The topological polar surface area (TPSA) is 149 Å². The number of hydrogen-bond donors (Lipinski definition) is 4. The summed E-state index contributed by atoms with van der Waals surface area (Å²) in [6.45, 7) is 0.252. The molecule has 0 fully saturated rings. The fourth-order valence-electron chi connectivity index (χ4n) is 4.36. The van der Waals surface area contributed by atoms with Crippen LogP contribution in [0.2, 0.25) is 0 Å². The summed E-state index contributed by atoms with van der Waals surface area (Å²) in [6, 6.07) is 9.20. The number of carbonyl (C=O) groups is 1. The van der Waals surface area contributed by atoms with E-state index in [1.165, 1.54) is 12.1 Å². The molecule has 4 N–H and O–H groups in total. The number of aromatic amines is 2. The van der Waals surface area contributed by atoms with Gasteiger partial charge in [-0.05, 0) is 44.4 Å². The lowest BCUT2D eigenvalue weighted by Crippen LogP contribution is -2.27. The molecule has 6 aromatic rings. The van der Waals surface area contributed by atoms with Crippen LogP contribution in [0.3, 0.4) is 0 Å². The van der Waals surface area contributed by atoms with Gasteiger partial charge in [0.2, 0.25) is 5.91 Å². The highest BCUT2D eigenvalue weighted by Gasteiger charge is 2.18. The number of phenols is 1. The molecule has 1 amide bonds. The van der Waals surface area contributed by atoms with Crippen molar-refractivity contribution in [1.82, 2.24) is 40.0 Å². The van der Waals surface area contributed by atoms with Crippen molar-refractivity contribution in [3.63, 3.8) is 0 Å². The number of H-pyrrole nitrogens is 2. The van der Waals surface area contributed by atoms with Gasteiger partial charge in [-0.15, -0.1) is 0 Å². The van der Waals surface area contributed by atoms with Gasteiger partial charge in [-0.3, -0.25) is 24.8 Å². The van der Waals surface area contributed by atoms with Crippen molar-refractivity contribution >= 4 is 33.5 Å². The number of nitrogens with one attached hydrogen (secondary N) is 3. The molecule has 5 heterocycles. The zero-order valence-corrected chi connectivity index (χ0v) is 20.9. The molecule has 194 valence electrons. The highest BCUT2D eigenvalue weighted by Crippen LogP contribution is 2.33. The molecular formula is C27H22FN9O2. The first-order chi connectivity index (χ1) is 18.8. The molecule has 5 aromatic heterocycles. The molecular weight excluding hydrogens is 501 g/mol. The Hall–Kier alpha value is -5.23. The first kappa shape index (κ1) is 24.1. The van der Waals surface area contributed by atoms with Crippen molar-refractivity contribution in [3.8, 4) is 39.8 Å². The van der Waals surface area contributed by atoms with Gasteiger partial charge in [0, 0.05) is 35.0 Å². The van der Waals surface area contributed by atoms with E-state index in [-0.39, 0.29) is 18.2 Å². The van der Waals surface area contributed by atoms with Crippen molar-refractivity contribution in [2.45, 2.75) is 0 Å². The minimum Gasteiger partial charge on any atom is -0.508 e. The minimum atomic E-state index is -0.575. The molecule has 39 heavy (non-hydrogen) atoms. The maximum atomic E-state index is 14.0. The Morgan fingerprint density at radius 1 is 1.03 bits per heavy atom. The Kier molecular flexibility index (Phi) is 5.92. The SMILES string of the molecule is CN(C)CC(=O)Nc1cncc(-c2cc3c(-c4nc5c(-c6cc(O)cc(F)c6)nccc5[nH]4)n[nH]c3cn2)c1. The molecule has 0 saturated carbocycles. The van der Waals surface area contributed by atoms with Gasteiger partial charge in [0.1, 0.15) is 22.8 Å². The van der Waals surface area contributed by atoms with Gasteiger partial charge in [0.15, 0.2) is 5.82 Å². The molecule has 0 aliphatic carbocycles. The van der Waals surface area contributed by atoms with E-state index in [1.807, 2.05) is 26.2 Å². The summed E-state index contributed by atoms with van der Waals surface area (Å²) in [7, 11) is 3.64. The van der Waals surface area contributed by atoms with E-state index in [0.29, 0.717) is 56.3 Å². The largest absolute Gasteiger partial charge is 0.508 e. The summed E-state index contributed by atoms with van der Waals surface area (Å²) in [5.41, 5.74) is 5.18. The first-order valence-corrected chi connectivity index (χ1v) is 11.9. The highest BCUT2D eigenvalue weighted by molar-refractivity contribution is 5.97. The molecule has 0 spiro atoms. The molecule has 0 aliphatic rings. The van der Waals surface area contributed by atoms with Crippen molar-refractivity contribution in [2.75, 3.05) is 26.0 Å².